The van der Waals surface area contributed by atoms with Gasteiger partial charge < -0.3 is 10.6 Å². The van der Waals surface area contributed by atoms with Crippen LogP contribution < -0.4 is 10.6 Å². The molecule has 1 rings (SSSR count). The highest BCUT2D eigenvalue weighted by Crippen LogP contribution is 2.21. The Labute approximate surface area is 96.7 Å². The van der Waals surface area contributed by atoms with Crippen LogP contribution in [0, 0.1) is 17.2 Å². The number of nitrogen functional groups attached to an aromatic ring is 1. The summed E-state index contributed by atoms with van der Waals surface area (Å²) < 4.78 is 0. The van der Waals surface area contributed by atoms with Gasteiger partial charge in [0.05, 0.1) is 11.3 Å². The molecule has 86 valence electrons. The van der Waals surface area contributed by atoms with E-state index in [1.54, 1.807) is 12.3 Å². The molecule has 0 amide bonds. The van der Waals surface area contributed by atoms with Crippen LogP contribution in [0.25, 0.3) is 0 Å². The molecule has 2 N–H and O–H groups in total. The Morgan fingerprint density at radius 3 is 2.69 bits per heavy atom. The maximum absolute atomic E-state index is 8.73. The van der Waals surface area contributed by atoms with Crippen LogP contribution in [-0.4, -0.2) is 18.1 Å². The zero-order valence-corrected chi connectivity index (χ0v) is 10.1. The van der Waals surface area contributed by atoms with Crippen molar-refractivity contribution in [3.05, 3.63) is 17.8 Å². The standard InChI is InChI=1S/C12H18N4/c1-4-16(8-9(2)3)12-11(14)5-10(6-13)7-15-12/h5,7,9H,4,8,14H2,1-3H3. The third-order valence-electron chi connectivity index (χ3n) is 2.29. The Morgan fingerprint density at radius 2 is 2.25 bits per heavy atom. The van der Waals surface area contributed by atoms with Crippen LogP contribution in [-0.2, 0) is 0 Å². The Kier molecular flexibility index (Phi) is 4.12. The smallest absolute Gasteiger partial charge is 0.151 e. The van der Waals surface area contributed by atoms with Crippen molar-refractivity contribution >= 4 is 11.5 Å². The fraction of sp³-hybridized carbons (Fsp3) is 0.500. The van der Waals surface area contributed by atoms with Gasteiger partial charge in [-0.3, -0.25) is 0 Å². The van der Waals surface area contributed by atoms with Crippen molar-refractivity contribution in [1.29, 1.82) is 5.26 Å². The summed E-state index contributed by atoms with van der Waals surface area (Å²) in [7, 11) is 0. The first-order valence-electron chi connectivity index (χ1n) is 5.49. The van der Waals surface area contributed by atoms with Crippen molar-refractivity contribution < 1.29 is 0 Å². The van der Waals surface area contributed by atoms with Crippen molar-refractivity contribution in [1.82, 2.24) is 4.98 Å². The molecule has 4 nitrogen and oxygen atoms in total. The van der Waals surface area contributed by atoms with E-state index in [-0.39, 0.29) is 0 Å². The number of rotatable bonds is 4. The van der Waals surface area contributed by atoms with Gasteiger partial charge in [-0.25, -0.2) is 4.98 Å². The number of hydrogen-bond donors (Lipinski definition) is 1. The van der Waals surface area contributed by atoms with Gasteiger partial charge in [-0.15, -0.1) is 0 Å². The first kappa shape index (κ1) is 12.3. The second kappa shape index (κ2) is 5.36. The lowest BCUT2D eigenvalue weighted by molar-refractivity contribution is 0.615. The largest absolute Gasteiger partial charge is 0.396 e. The highest BCUT2D eigenvalue weighted by Gasteiger charge is 2.11. The Hall–Kier alpha value is -1.76. The highest BCUT2D eigenvalue weighted by molar-refractivity contribution is 5.64. The molecule has 0 aromatic carbocycles. The van der Waals surface area contributed by atoms with Gasteiger partial charge in [-0.05, 0) is 18.9 Å². The Bertz CT molecular complexity index is 392. The molecule has 0 unspecified atom stereocenters. The van der Waals surface area contributed by atoms with Crippen LogP contribution in [0.2, 0.25) is 0 Å². The van der Waals surface area contributed by atoms with Crippen molar-refractivity contribution in [2.75, 3.05) is 23.7 Å². The number of nitrogens with two attached hydrogens (primary N) is 1. The first-order valence-corrected chi connectivity index (χ1v) is 5.49. The van der Waals surface area contributed by atoms with Gasteiger partial charge in [0.25, 0.3) is 0 Å². The SMILES string of the molecule is CCN(CC(C)C)c1ncc(C#N)cc1N. The number of hydrogen-bond acceptors (Lipinski definition) is 4. The average Bonchev–Trinajstić information content (AvgIpc) is 2.25. The molecule has 0 saturated heterocycles. The van der Waals surface area contributed by atoms with Crippen LogP contribution in [0.5, 0.6) is 0 Å². The minimum Gasteiger partial charge on any atom is -0.396 e. The Morgan fingerprint density at radius 1 is 1.56 bits per heavy atom. The summed E-state index contributed by atoms with van der Waals surface area (Å²) >= 11 is 0. The first-order chi connectivity index (χ1) is 7.58. The second-order valence-corrected chi connectivity index (χ2v) is 4.18. The average molecular weight is 218 g/mol. The fourth-order valence-corrected chi connectivity index (χ4v) is 1.61. The van der Waals surface area contributed by atoms with Gasteiger partial charge >= 0.3 is 0 Å². The molecule has 0 bridgehead atoms. The van der Waals surface area contributed by atoms with E-state index >= 15 is 0 Å². The summed E-state index contributed by atoms with van der Waals surface area (Å²) in [6, 6.07) is 3.70. The second-order valence-electron chi connectivity index (χ2n) is 4.18. The van der Waals surface area contributed by atoms with Crippen molar-refractivity contribution in [3.63, 3.8) is 0 Å². The maximum Gasteiger partial charge on any atom is 0.151 e. The topological polar surface area (TPSA) is 65.9 Å². The van der Waals surface area contributed by atoms with Crippen LogP contribution in [0.15, 0.2) is 12.3 Å². The molecule has 0 aliphatic rings. The van der Waals surface area contributed by atoms with Crippen LogP contribution in [0.4, 0.5) is 11.5 Å². The minimum absolute atomic E-state index is 0.502. The van der Waals surface area contributed by atoms with Crippen molar-refractivity contribution in [2.24, 2.45) is 5.92 Å². The molecule has 1 heterocycles. The van der Waals surface area contributed by atoms with Crippen LogP contribution in [0.3, 0.4) is 0 Å². The number of nitrogens with zero attached hydrogens (tertiary/aromatic N) is 3. The minimum atomic E-state index is 0.502. The summed E-state index contributed by atoms with van der Waals surface area (Å²) in [5, 5.41) is 8.73. The molecule has 16 heavy (non-hydrogen) atoms. The van der Waals surface area contributed by atoms with E-state index in [4.69, 9.17) is 11.0 Å². The van der Waals surface area contributed by atoms with Gasteiger partial charge in [0, 0.05) is 19.3 Å². The zero-order valence-electron chi connectivity index (χ0n) is 10.1. The maximum atomic E-state index is 8.73. The number of pyridine rings is 1. The predicted octanol–water partition coefficient (Wildman–Crippen LogP) is 2.02. The van der Waals surface area contributed by atoms with Crippen molar-refractivity contribution in [2.45, 2.75) is 20.8 Å². The van der Waals surface area contributed by atoms with Gasteiger partial charge in [0.1, 0.15) is 6.07 Å². The van der Waals surface area contributed by atoms with E-state index in [2.05, 4.69) is 30.7 Å². The predicted molar refractivity (Wildman–Crippen MR) is 66.1 cm³/mol. The third-order valence-corrected chi connectivity index (χ3v) is 2.29. The molecule has 0 fully saturated rings. The molecule has 0 aliphatic heterocycles. The van der Waals surface area contributed by atoms with E-state index in [0.29, 0.717) is 17.2 Å². The molecule has 0 aliphatic carbocycles. The fourth-order valence-electron chi connectivity index (χ4n) is 1.61. The van der Waals surface area contributed by atoms with Gasteiger partial charge in [0.15, 0.2) is 5.82 Å². The van der Waals surface area contributed by atoms with Gasteiger partial charge in [-0.2, -0.15) is 5.26 Å². The zero-order chi connectivity index (χ0) is 12.1. The van der Waals surface area contributed by atoms with Gasteiger partial charge in [0.2, 0.25) is 0 Å². The lowest BCUT2D eigenvalue weighted by atomic mass is 10.2. The summed E-state index contributed by atoms with van der Waals surface area (Å²) in [6.07, 6.45) is 1.56. The molecule has 0 atom stereocenters. The van der Waals surface area contributed by atoms with E-state index in [0.717, 1.165) is 18.9 Å². The van der Waals surface area contributed by atoms with Crippen molar-refractivity contribution in [3.8, 4) is 6.07 Å². The summed E-state index contributed by atoms with van der Waals surface area (Å²) in [5.74, 6) is 1.33. The lowest BCUT2D eigenvalue weighted by Crippen LogP contribution is -2.28. The lowest BCUT2D eigenvalue weighted by Gasteiger charge is -2.25. The molecule has 0 spiro atoms. The van der Waals surface area contributed by atoms with E-state index in [1.807, 2.05) is 6.07 Å². The highest BCUT2D eigenvalue weighted by atomic mass is 15.2. The molecule has 1 aromatic heterocycles. The summed E-state index contributed by atoms with van der Waals surface area (Å²) in [4.78, 5) is 6.38. The molecule has 4 heteroatoms. The molecule has 0 saturated carbocycles. The molecule has 1 aromatic rings. The monoisotopic (exact) mass is 218 g/mol. The Balaban J connectivity index is 2.98. The van der Waals surface area contributed by atoms with E-state index < -0.39 is 0 Å². The molecular weight excluding hydrogens is 200 g/mol. The summed E-state index contributed by atoms with van der Waals surface area (Å²) in [5.41, 5.74) is 6.97. The molecular formula is C12H18N4. The number of nitriles is 1. The third kappa shape index (κ3) is 2.86. The quantitative estimate of drug-likeness (QED) is 0.839. The van der Waals surface area contributed by atoms with E-state index in [1.165, 1.54) is 0 Å². The van der Waals surface area contributed by atoms with Crippen LogP contribution in [0.1, 0.15) is 26.3 Å². The number of anilines is 2. The van der Waals surface area contributed by atoms with Crippen LogP contribution >= 0.6 is 0 Å². The van der Waals surface area contributed by atoms with Gasteiger partial charge in [-0.1, -0.05) is 13.8 Å². The van der Waals surface area contributed by atoms with E-state index in [9.17, 15) is 0 Å². The number of aromatic nitrogens is 1. The molecule has 0 radical (unpaired) electrons. The summed E-state index contributed by atoms with van der Waals surface area (Å²) in [6.45, 7) is 8.16. The normalized spacial score (nSPS) is 10.2.